The molecule has 2 heteroatoms. The van der Waals surface area contributed by atoms with Crippen LogP contribution in [0, 0.1) is 11.3 Å². The Morgan fingerprint density at radius 1 is 1.29 bits per heavy atom. The second kappa shape index (κ2) is 7.15. The van der Waals surface area contributed by atoms with Gasteiger partial charge in [-0.15, -0.1) is 0 Å². The fourth-order valence-corrected chi connectivity index (χ4v) is 2.14. The van der Waals surface area contributed by atoms with E-state index in [9.17, 15) is 4.79 Å². The number of carbonyl (C=O) groups excluding carboxylic acids is 1. The lowest BCUT2D eigenvalue weighted by Gasteiger charge is -2.36. The summed E-state index contributed by atoms with van der Waals surface area (Å²) in [4.78, 5) is 14.4. The molecule has 1 heterocycles. The Labute approximate surface area is 108 Å². The Balaban J connectivity index is 0.000000770. The van der Waals surface area contributed by atoms with E-state index in [0.717, 1.165) is 19.4 Å². The van der Waals surface area contributed by atoms with E-state index in [1.54, 1.807) is 0 Å². The van der Waals surface area contributed by atoms with E-state index < -0.39 is 0 Å². The van der Waals surface area contributed by atoms with Crippen molar-refractivity contribution in [1.82, 2.24) is 4.90 Å². The van der Waals surface area contributed by atoms with Crippen molar-refractivity contribution >= 4 is 5.78 Å². The summed E-state index contributed by atoms with van der Waals surface area (Å²) in [7, 11) is 2.14. The normalized spacial score (nSPS) is 26.1. The molecule has 0 radical (unpaired) electrons. The minimum absolute atomic E-state index is 0.166. The first-order chi connectivity index (χ1) is 7.73. The van der Waals surface area contributed by atoms with Gasteiger partial charge < -0.3 is 4.90 Å². The zero-order valence-corrected chi connectivity index (χ0v) is 12.8. The number of hydrogen-bond donors (Lipinski definition) is 0. The minimum Gasteiger partial charge on any atom is -0.304 e. The number of nitrogens with zero attached hydrogens (tertiary/aromatic N) is 1. The molecule has 1 fully saturated rings. The van der Waals surface area contributed by atoms with Crippen LogP contribution in [-0.2, 0) is 4.79 Å². The third kappa shape index (κ3) is 5.67. The molecule has 0 spiro atoms. The molecule has 1 aliphatic heterocycles. The van der Waals surface area contributed by atoms with Gasteiger partial charge in [-0.1, -0.05) is 41.0 Å². The molecule has 2 atom stereocenters. The zero-order chi connectivity index (χ0) is 13.6. The van der Waals surface area contributed by atoms with Crippen molar-refractivity contribution in [3.63, 3.8) is 0 Å². The van der Waals surface area contributed by atoms with Crippen LogP contribution in [0.5, 0.6) is 0 Å². The standard InChI is InChI=1S/C12H23NO.C3H8/c1-9-8-10(6-7-13(9)5)11(14)12(2,3)4;1-3-2/h9-10H,6-8H2,1-5H3;3H2,1-2H3/t9?,10-;/m0./s1. The summed E-state index contributed by atoms with van der Waals surface area (Å²) in [5.74, 6) is 0.735. The van der Waals surface area contributed by atoms with Crippen LogP contribution in [0.1, 0.15) is 60.8 Å². The fraction of sp³-hybridized carbons (Fsp3) is 0.933. The zero-order valence-electron chi connectivity index (χ0n) is 12.8. The van der Waals surface area contributed by atoms with Gasteiger partial charge in [0.1, 0.15) is 5.78 Å². The number of hydrogen-bond acceptors (Lipinski definition) is 2. The van der Waals surface area contributed by atoms with Crippen LogP contribution in [0.25, 0.3) is 0 Å². The first-order valence-corrected chi connectivity index (χ1v) is 6.98. The predicted molar refractivity (Wildman–Crippen MR) is 75.2 cm³/mol. The quantitative estimate of drug-likeness (QED) is 0.697. The molecule has 0 amide bonds. The summed E-state index contributed by atoms with van der Waals surface area (Å²) < 4.78 is 0. The molecule has 0 N–H and O–H groups in total. The summed E-state index contributed by atoms with van der Waals surface area (Å²) in [5, 5.41) is 0. The molecule has 1 saturated heterocycles. The molecule has 17 heavy (non-hydrogen) atoms. The molecular weight excluding hydrogens is 210 g/mol. The van der Waals surface area contributed by atoms with Gasteiger partial charge >= 0.3 is 0 Å². The molecule has 0 bridgehead atoms. The Hall–Kier alpha value is -0.370. The van der Waals surface area contributed by atoms with Crippen LogP contribution >= 0.6 is 0 Å². The topological polar surface area (TPSA) is 20.3 Å². The highest BCUT2D eigenvalue weighted by atomic mass is 16.1. The van der Waals surface area contributed by atoms with E-state index in [4.69, 9.17) is 0 Å². The summed E-state index contributed by atoms with van der Waals surface area (Å²) >= 11 is 0. The number of ketones is 1. The Morgan fingerprint density at radius 3 is 2.12 bits per heavy atom. The third-order valence-electron chi connectivity index (χ3n) is 3.32. The molecule has 2 nitrogen and oxygen atoms in total. The lowest BCUT2D eigenvalue weighted by Crippen LogP contribution is -2.42. The van der Waals surface area contributed by atoms with Gasteiger partial charge in [0.25, 0.3) is 0 Å². The Bertz CT molecular complexity index is 230. The average molecular weight is 241 g/mol. The maximum Gasteiger partial charge on any atom is 0.141 e. The highest BCUT2D eigenvalue weighted by molar-refractivity contribution is 5.86. The molecule has 0 aromatic heterocycles. The number of Topliss-reactive ketones (excluding diaryl/α,β-unsaturated/α-hetero) is 1. The summed E-state index contributed by atoms with van der Waals surface area (Å²) in [6.45, 7) is 13.6. The van der Waals surface area contributed by atoms with Gasteiger partial charge in [-0.3, -0.25) is 4.79 Å². The first-order valence-electron chi connectivity index (χ1n) is 6.98. The maximum absolute atomic E-state index is 12.1. The maximum atomic E-state index is 12.1. The molecule has 1 aliphatic rings. The fourth-order valence-electron chi connectivity index (χ4n) is 2.14. The van der Waals surface area contributed by atoms with Crippen molar-refractivity contribution < 1.29 is 4.79 Å². The predicted octanol–water partition coefficient (Wildman–Crippen LogP) is 3.75. The minimum atomic E-state index is -0.166. The van der Waals surface area contributed by atoms with Gasteiger partial charge in [0, 0.05) is 17.4 Å². The second-order valence-corrected chi connectivity index (χ2v) is 6.37. The molecule has 0 aromatic carbocycles. The van der Waals surface area contributed by atoms with Gasteiger partial charge in [0.2, 0.25) is 0 Å². The van der Waals surface area contributed by atoms with Crippen LogP contribution < -0.4 is 0 Å². The van der Waals surface area contributed by atoms with Crippen molar-refractivity contribution in [2.24, 2.45) is 11.3 Å². The van der Waals surface area contributed by atoms with Crippen molar-refractivity contribution in [1.29, 1.82) is 0 Å². The van der Waals surface area contributed by atoms with Crippen molar-refractivity contribution in [2.75, 3.05) is 13.6 Å². The van der Waals surface area contributed by atoms with Crippen molar-refractivity contribution in [2.45, 2.75) is 66.8 Å². The van der Waals surface area contributed by atoms with Gasteiger partial charge in [0.05, 0.1) is 0 Å². The molecule has 102 valence electrons. The smallest absolute Gasteiger partial charge is 0.141 e. The van der Waals surface area contributed by atoms with Crippen LogP contribution in [-0.4, -0.2) is 30.3 Å². The Kier molecular flexibility index (Phi) is 6.99. The highest BCUT2D eigenvalue weighted by Crippen LogP contribution is 2.29. The molecule has 1 unspecified atom stereocenters. The molecule has 1 rings (SSSR count). The molecule has 0 aromatic rings. The van der Waals surface area contributed by atoms with Crippen molar-refractivity contribution in [3.8, 4) is 0 Å². The lowest BCUT2D eigenvalue weighted by atomic mass is 9.77. The van der Waals surface area contributed by atoms with E-state index in [1.807, 2.05) is 20.8 Å². The number of likely N-dealkylation sites (tertiary alicyclic amines) is 1. The summed E-state index contributed by atoms with van der Waals surface area (Å²) in [6, 6.07) is 0.556. The van der Waals surface area contributed by atoms with E-state index in [-0.39, 0.29) is 5.41 Å². The van der Waals surface area contributed by atoms with Gasteiger partial charge in [-0.05, 0) is 33.4 Å². The summed E-state index contributed by atoms with van der Waals surface area (Å²) in [6.07, 6.45) is 3.32. The largest absolute Gasteiger partial charge is 0.304 e. The van der Waals surface area contributed by atoms with Crippen LogP contribution in [0.15, 0.2) is 0 Å². The van der Waals surface area contributed by atoms with E-state index in [0.29, 0.717) is 17.7 Å². The van der Waals surface area contributed by atoms with E-state index in [2.05, 4.69) is 32.7 Å². The third-order valence-corrected chi connectivity index (χ3v) is 3.32. The van der Waals surface area contributed by atoms with E-state index in [1.165, 1.54) is 6.42 Å². The van der Waals surface area contributed by atoms with Gasteiger partial charge in [0.15, 0.2) is 0 Å². The Morgan fingerprint density at radius 2 is 1.76 bits per heavy atom. The number of rotatable bonds is 1. The second-order valence-electron chi connectivity index (χ2n) is 6.37. The van der Waals surface area contributed by atoms with E-state index >= 15 is 0 Å². The van der Waals surface area contributed by atoms with Crippen LogP contribution in [0.4, 0.5) is 0 Å². The van der Waals surface area contributed by atoms with Crippen LogP contribution in [0.2, 0.25) is 0 Å². The lowest BCUT2D eigenvalue weighted by molar-refractivity contribution is -0.132. The van der Waals surface area contributed by atoms with Crippen LogP contribution in [0.3, 0.4) is 0 Å². The average Bonchev–Trinajstić information content (AvgIpc) is 2.21. The highest BCUT2D eigenvalue weighted by Gasteiger charge is 2.33. The first kappa shape index (κ1) is 16.6. The molecule has 0 saturated carbocycles. The monoisotopic (exact) mass is 241 g/mol. The van der Waals surface area contributed by atoms with Crippen molar-refractivity contribution in [3.05, 3.63) is 0 Å². The van der Waals surface area contributed by atoms with Gasteiger partial charge in [-0.2, -0.15) is 0 Å². The molecular formula is C15H31NO. The SMILES string of the molecule is CC1C[C@@H](C(=O)C(C)(C)C)CCN1C.CCC. The number of piperidine rings is 1. The molecule has 0 aliphatic carbocycles. The van der Waals surface area contributed by atoms with Gasteiger partial charge in [-0.25, -0.2) is 0 Å². The summed E-state index contributed by atoms with van der Waals surface area (Å²) in [5.41, 5.74) is -0.166. The number of carbonyl (C=O) groups is 1.